The van der Waals surface area contributed by atoms with Gasteiger partial charge >= 0.3 is 5.88 Å². The highest BCUT2D eigenvalue weighted by Crippen LogP contribution is 2.35. The van der Waals surface area contributed by atoms with Crippen LogP contribution in [0.15, 0.2) is 45.0 Å². The maximum absolute atomic E-state index is 12.3. The number of benzene rings is 1. The van der Waals surface area contributed by atoms with Gasteiger partial charge < -0.3 is 10.8 Å². The standard InChI is InChI=1S/C20H18N8O2S/c1-12-4-6-13(7-5-12)18-14(8-21)19(23)25-20(15(18)9-22)31-11-16(29)24-17-10-28(26-30-17)27(2)3/h4-7,10H,11H2,1-3H3,(H2-,23,24,25,26,29). The van der Waals surface area contributed by atoms with Gasteiger partial charge in [-0.2, -0.15) is 15.5 Å². The minimum Gasteiger partial charge on any atom is -0.861 e. The molecule has 0 spiro atoms. The Bertz CT molecular complexity index is 1220. The Morgan fingerprint density at radius 2 is 1.94 bits per heavy atom. The van der Waals surface area contributed by atoms with Gasteiger partial charge in [-0.05, 0) is 18.4 Å². The lowest BCUT2D eigenvalue weighted by atomic mass is 9.96. The molecule has 31 heavy (non-hydrogen) atoms. The molecule has 2 heterocycles. The third kappa shape index (κ3) is 4.74. The molecule has 1 aromatic carbocycles. The predicted molar refractivity (Wildman–Crippen MR) is 113 cm³/mol. The van der Waals surface area contributed by atoms with Crippen LogP contribution >= 0.6 is 11.8 Å². The number of thioether (sulfide) groups is 1. The number of nitrogen functional groups attached to an aromatic ring is 1. The summed E-state index contributed by atoms with van der Waals surface area (Å²) in [4.78, 5) is 9.41. The monoisotopic (exact) mass is 434 g/mol. The van der Waals surface area contributed by atoms with Crippen LogP contribution in [-0.4, -0.2) is 36.0 Å². The number of pyridine rings is 1. The summed E-state index contributed by atoms with van der Waals surface area (Å²) in [6.45, 7) is 1.94. The van der Waals surface area contributed by atoms with Crippen molar-refractivity contribution in [1.82, 2.24) is 10.3 Å². The van der Waals surface area contributed by atoms with E-state index < -0.39 is 5.90 Å². The largest absolute Gasteiger partial charge is 0.861 e. The molecule has 10 nitrogen and oxygen atoms in total. The molecule has 3 rings (SSSR count). The van der Waals surface area contributed by atoms with Gasteiger partial charge in [-0.15, -0.1) is 0 Å². The minimum absolute atomic E-state index is 0.00813. The zero-order valence-corrected chi connectivity index (χ0v) is 17.8. The van der Waals surface area contributed by atoms with Gasteiger partial charge in [0.1, 0.15) is 28.5 Å². The second-order valence-corrected chi connectivity index (χ2v) is 7.58. The summed E-state index contributed by atoms with van der Waals surface area (Å²) in [5.41, 5.74) is 8.39. The van der Waals surface area contributed by atoms with Crippen LogP contribution in [0.2, 0.25) is 0 Å². The number of hydrogen-bond donors (Lipinski definition) is 1. The molecule has 0 fully saturated rings. The molecule has 0 amide bonds. The zero-order chi connectivity index (χ0) is 22.5. The first kappa shape index (κ1) is 21.6. The molecule has 0 saturated heterocycles. The molecule has 11 heteroatoms. The molecule has 0 bridgehead atoms. The SMILES string of the molecule is Cc1ccc(-c2c(C#N)c(N)nc(SC/C([O-])=N\c3c[n+](N(C)C)no3)c2C#N)cc1. The summed E-state index contributed by atoms with van der Waals surface area (Å²) >= 11 is 1.01. The fourth-order valence-corrected chi connectivity index (χ4v) is 3.44. The number of hydrogen-bond acceptors (Lipinski definition) is 10. The molecule has 0 aliphatic heterocycles. The highest BCUT2D eigenvalue weighted by molar-refractivity contribution is 8.00. The first-order valence-electron chi connectivity index (χ1n) is 8.98. The molecule has 0 aliphatic carbocycles. The van der Waals surface area contributed by atoms with Crippen LogP contribution in [0.3, 0.4) is 0 Å². The Labute approximate surface area is 182 Å². The highest BCUT2D eigenvalue weighted by atomic mass is 32.2. The van der Waals surface area contributed by atoms with Crippen molar-refractivity contribution in [3.63, 3.8) is 0 Å². The third-order valence-electron chi connectivity index (χ3n) is 4.18. The van der Waals surface area contributed by atoms with Crippen molar-refractivity contribution in [2.75, 3.05) is 30.6 Å². The van der Waals surface area contributed by atoms with Crippen molar-refractivity contribution < 1.29 is 14.4 Å². The summed E-state index contributed by atoms with van der Waals surface area (Å²) in [6.07, 6.45) is 1.46. The lowest BCUT2D eigenvalue weighted by molar-refractivity contribution is -0.753. The van der Waals surface area contributed by atoms with Crippen molar-refractivity contribution in [2.45, 2.75) is 11.9 Å². The van der Waals surface area contributed by atoms with Crippen molar-refractivity contribution >= 4 is 29.4 Å². The average molecular weight is 434 g/mol. The van der Waals surface area contributed by atoms with E-state index in [9.17, 15) is 15.6 Å². The number of aryl methyl sites for hydroxylation is 1. The normalized spacial score (nSPS) is 11.1. The van der Waals surface area contributed by atoms with Crippen LogP contribution in [0, 0.1) is 29.6 Å². The summed E-state index contributed by atoms with van der Waals surface area (Å²) in [5, 5.41) is 37.2. The Kier molecular flexibility index (Phi) is 6.38. The summed E-state index contributed by atoms with van der Waals surface area (Å²) in [6, 6.07) is 11.5. The van der Waals surface area contributed by atoms with Crippen LogP contribution in [0.4, 0.5) is 11.7 Å². The Hall–Kier alpha value is -4.09. The van der Waals surface area contributed by atoms with Gasteiger partial charge in [-0.25, -0.2) is 9.98 Å². The Morgan fingerprint density at radius 3 is 2.52 bits per heavy atom. The highest BCUT2D eigenvalue weighted by Gasteiger charge is 2.20. The summed E-state index contributed by atoms with van der Waals surface area (Å²) < 4.78 is 4.98. The van der Waals surface area contributed by atoms with Crippen LogP contribution in [0.1, 0.15) is 16.7 Å². The number of anilines is 1. The maximum Gasteiger partial charge on any atom is 0.324 e. The Balaban J connectivity index is 1.94. The second-order valence-electron chi connectivity index (χ2n) is 6.62. The lowest BCUT2D eigenvalue weighted by Crippen LogP contribution is -2.53. The van der Waals surface area contributed by atoms with Crippen LogP contribution in [-0.2, 0) is 0 Å². The second kappa shape index (κ2) is 9.15. The van der Waals surface area contributed by atoms with Gasteiger partial charge in [0.15, 0.2) is 0 Å². The maximum atomic E-state index is 12.3. The number of rotatable bonds is 6. The van der Waals surface area contributed by atoms with E-state index in [2.05, 4.69) is 21.3 Å². The smallest absolute Gasteiger partial charge is 0.324 e. The molecule has 0 saturated carbocycles. The summed E-state index contributed by atoms with van der Waals surface area (Å²) in [5.74, 6) is -0.570. The third-order valence-corrected chi connectivity index (χ3v) is 5.14. The molecule has 0 atom stereocenters. The predicted octanol–water partition coefficient (Wildman–Crippen LogP) is 1.04. The van der Waals surface area contributed by atoms with Crippen molar-refractivity contribution in [2.24, 2.45) is 4.99 Å². The topological polar surface area (TPSA) is 155 Å². The number of nitriles is 2. The van der Waals surface area contributed by atoms with Crippen LogP contribution < -0.4 is 20.6 Å². The first-order valence-corrected chi connectivity index (χ1v) is 9.97. The Morgan fingerprint density at radius 1 is 1.26 bits per heavy atom. The molecule has 0 unspecified atom stereocenters. The molecular formula is C20H18N8O2S. The minimum atomic E-state index is -0.502. The van der Waals surface area contributed by atoms with Crippen molar-refractivity contribution in [3.05, 3.63) is 47.2 Å². The van der Waals surface area contributed by atoms with Gasteiger partial charge in [0.25, 0.3) is 6.20 Å². The molecule has 0 radical (unpaired) electrons. The fraction of sp³-hybridized carbons (Fsp3) is 0.200. The first-order chi connectivity index (χ1) is 14.8. The number of aliphatic imine (C=N–C) groups is 1. The van der Waals surface area contributed by atoms with Gasteiger partial charge in [0.2, 0.25) is 5.27 Å². The molecule has 2 aromatic heterocycles. The fourth-order valence-electron chi connectivity index (χ4n) is 2.66. The molecular weight excluding hydrogens is 416 g/mol. The van der Waals surface area contributed by atoms with Crippen molar-refractivity contribution in [1.29, 1.82) is 10.5 Å². The van der Waals surface area contributed by atoms with E-state index in [4.69, 9.17) is 10.3 Å². The molecule has 156 valence electrons. The van der Waals surface area contributed by atoms with E-state index in [1.54, 1.807) is 19.1 Å². The van der Waals surface area contributed by atoms with Crippen LogP contribution in [0.25, 0.3) is 11.1 Å². The number of aromatic nitrogens is 3. The van der Waals surface area contributed by atoms with Gasteiger partial charge in [0, 0.05) is 11.3 Å². The van der Waals surface area contributed by atoms with E-state index in [0.29, 0.717) is 11.1 Å². The number of nitrogens with zero attached hydrogens (tertiary/aromatic N) is 7. The van der Waals surface area contributed by atoms with Gasteiger partial charge in [-0.3, -0.25) is 4.52 Å². The van der Waals surface area contributed by atoms with Crippen molar-refractivity contribution in [3.8, 4) is 23.3 Å². The quantitative estimate of drug-likeness (QED) is 0.259. The summed E-state index contributed by atoms with van der Waals surface area (Å²) in [7, 11) is 3.50. The van der Waals surface area contributed by atoms with E-state index in [0.717, 1.165) is 17.3 Å². The zero-order valence-electron chi connectivity index (χ0n) is 17.0. The van der Waals surface area contributed by atoms with Gasteiger partial charge in [-0.1, -0.05) is 41.6 Å². The van der Waals surface area contributed by atoms with E-state index >= 15 is 0 Å². The molecule has 3 aromatic rings. The average Bonchev–Trinajstić information content (AvgIpc) is 3.21. The van der Waals surface area contributed by atoms with E-state index in [-0.39, 0.29) is 33.6 Å². The number of nitrogens with two attached hydrogens (primary N) is 1. The molecule has 0 aliphatic rings. The van der Waals surface area contributed by atoms with Crippen LogP contribution in [0.5, 0.6) is 0 Å². The van der Waals surface area contributed by atoms with E-state index in [1.807, 2.05) is 37.3 Å². The van der Waals surface area contributed by atoms with Gasteiger partial charge in [0.05, 0.1) is 24.4 Å². The molecule has 2 N–H and O–H groups in total. The lowest BCUT2D eigenvalue weighted by Gasteiger charge is -2.14. The van der Waals surface area contributed by atoms with E-state index in [1.165, 1.54) is 11.0 Å².